The maximum Gasteiger partial charge on any atom is 0.289 e. The van der Waals surface area contributed by atoms with Crippen LogP contribution in [0, 0.1) is 13.8 Å². The van der Waals surface area contributed by atoms with Crippen LogP contribution >= 0.6 is 11.3 Å². The number of thiazole rings is 1. The number of nitrogens with zero attached hydrogens (tertiary/aromatic N) is 3. The van der Waals surface area contributed by atoms with Crippen molar-refractivity contribution in [1.82, 2.24) is 9.88 Å². The van der Waals surface area contributed by atoms with Gasteiger partial charge in [-0.2, -0.15) is 0 Å². The minimum Gasteiger partial charge on any atom is -0.490 e. The molecule has 0 radical (unpaired) electrons. The van der Waals surface area contributed by atoms with Gasteiger partial charge in [-0.25, -0.2) is 4.98 Å². The van der Waals surface area contributed by atoms with E-state index in [-0.39, 0.29) is 5.91 Å². The van der Waals surface area contributed by atoms with Crippen molar-refractivity contribution in [3.8, 4) is 5.75 Å². The summed E-state index contributed by atoms with van der Waals surface area (Å²) in [5.41, 5.74) is 4.18. The normalized spacial score (nSPS) is 14.5. The van der Waals surface area contributed by atoms with Gasteiger partial charge in [-0.1, -0.05) is 35.6 Å². The molecule has 1 amide bonds. The molecule has 0 unspecified atom stereocenters. The number of hydrogen-bond donors (Lipinski definition) is 0. The fraction of sp³-hybridized carbons (Fsp3) is 0.333. The van der Waals surface area contributed by atoms with Crippen LogP contribution in [0.15, 0.2) is 40.8 Å². The first kappa shape index (κ1) is 19.9. The zero-order valence-corrected chi connectivity index (χ0v) is 18.8. The zero-order chi connectivity index (χ0) is 21.5. The Kier molecular flexibility index (Phi) is 5.06. The number of aromatic nitrogens is 1. The van der Waals surface area contributed by atoms with Gasteiger partial charge in [0.1, 0.15) is 0 Å². The number of hydrogen-bond acceptors (Lipinski definition) is 6. The standard InChI is InChI=1S/C24H25N3O3S/c1-4-29-18-7-5-6-17-14-19(30-21(17)18)23(28)26-10-12-27(13-11-26)24-25-20-15(2)8-9-16(3)22(20)31-24/h5-9,14H,4,10-13H2,1-3H3. The minimum absolute atomic E-state index is 0.0747. The molecule has 0 atom stereocenters. The molecule has 160 valence electrons. The van der Waals surface area contributed by atoms with E-state index in [9.17, 15) is 4.79 Å². The molecular weight excluding hydrogens is 410 g/mol. The van der Waals surface area contributed by atoms with Crippen molar-refractivity contribution in [1.29, 1.82) is 0 Å². The summed E-state index contributed by atoms with van der Waals surface area (Å²) in [4.78, 5) is 22.1. The molecule has 1 fully saturated rings. The van der Waals surface area contributed by atoms with E-state index in [1.54, 1.807) is 11.3 Å². The smallest absolute Gasteiger partial charge is 0.289 e. The molecule has 0 N–H and O–H groups in total. The molecule has 31 heavy (non-hydrogen) atoms. The Balaban J connectivity index is 1.32. The summed E-state index contributed by atoms with van der Waals surface area (Å²) >= 11 is 1.74. The number of ether oxygens (including phenoxy) is 1. The Morgan fingerprint density at radius 2 is 1.90 bits per heavy atom. The van der Waals surface area contributed by atoms with Crippen LogP contribution in [0.25, 0.3) is 21.2 Å². The molecule has 4 aromatic rings. The number of carbonyl (C=O) groups excluding carboxylic acids is 1. The average molecular weight is 436 g/mol. The van der Waals surface area contributed by atoms with Gasteiger partial charge >= 0.3 is 0 Å². The van der Waals surface area contributed by atoms with E-state index in [0.29, 0.717) is 36.8 Å². The van der Waals surface area contributed by atoms with Crippen LogP contribution in [-0.2, 0) is 0 Å². The van der Waals surface area contributed by atoms with Crippen LogP contribution in [0.5, 0.6) is 5.75 Å². The lowest BCUT2D eigenvalue weighted by Gasteiger charge is -2.34. The molecular formula is C24H25N3O3S. The molecule has 7 heteroatoms. The predicted octanol–water partition coefficient (Wildman–Crippen LogP) is 5.02. The zero-order valence-electron chi connectivity index (χ0n) is 18.0. The van der Waals surface area contributed by atoms with Crippen molar-refractivity contribution in [2.45, 2.75) is 20.8 Å². The second-order valence-corrected chi connectivity index (χ2v) is 8.85. The number of rotatable bonds is 4. The fourth-order valence-corrected chi connectivity index (χ4v) is 5.21. The molecule has 2 aromatic carbocycles. The number of para-hydroxylation sites is 1. The third-order valence-corrected chi connectivity index (χ3v) is 7.04. The van der Waals surface area contributed by atoms with Crippen molar-refractivity contribution in [2.75, 3.05) is 37.7 Å². The number of carbonyl (C=O) groups is 1. The Morgan fingerprint density at radius 3 is 2.65 bits per heavy atom. The molecule has 0 spiro atoms. The van der Waals surface area contributed by atoms with Crippen molar-refractivity contribution in [3.63, 3.8) is 0 Å². The summed E-state index contributed by atoms with van der Waals surface area (Å²) < 4.78 is 12.8. The van der Waals surface area contributed by atoms with Gasteiger partial charge in [0.15, 0.2) is 22.2 Å². The number of anilines is 1. The molecule has 0 saturated carbocycles. The van der Waals surface area contributed by atoms with E-state index in [1.807, 2.05) is 36.1 Å². The van der Waals surface area contributed by atoms with Crippen LogP contribution in [0.2, 0.25) is 0 Å². The third kappa shape index (κ3) is 3.53. The largest absolute Gasteiger partial charge is 0.490 e. The molecule has 0 aliphatic carbocycles. The predicted molar refractivity (Wildman–Crippen MR) is 125 cm³/mol. The lowest BCUT2D eigenvalue weighted by Crippen LogP contribution is -2.48. The number of piperazine rings is 1. The van der Waals surface area contributed by atoms with E-state index in [0.717, 1.165) is 29.1 Å². The topological polar surface area (TPSA) is 58.8 Å². The summed E-state index contributed by atoms with van der Waals surface area (Å²) in [6.45, 7) is 9.51. The van der Waals surface area contributed by atoms with Crippen molar-refractivity contribution in [2.24, 2.45) is 0 Å². The summed E-state index contributed by atoms with van der Waals surface area (Å²) in [7, 11) is 0. The quantitative estimate of drug-likeness (QED) is 0.450. The number of amides is 1. The van der Waals surface area contributed by atoms with Gasteiger partial charge in [-0.15, -0.1) is 0 Å². The van der Waals surface area contributed by atoms with Crippen molar-refractivity contribution < 1.29 is 13.9 Å². The maximum atomic E-state index is 13.1. The van der Waals surface area contributed by atoms with Crippen LogP contribution in [-0.4, -0.2) is 48.6 Å². The highest BCUT2D eigenvalue weighted by atomic mass is 32.1. The molecule has 6 nitrogen and oxygen atoms in total. The van der Waals surface area contributed by atoms with Crippen LogP contribution in [0.4, 0.5) is 5.13 Å². The minimum atomic E-state index is -0.0747. The van der Waals surface area contributed by atoms with Crippen LogP contribution in [0.1, 0.15) is 28.6 Å². The highest BCUT2D eigenvalue weighted by Gasteiger charge is 2.26. The average Bonchev–Trinajstić information content (AvgIpc) is 3.42. The van der Waals surface area contributed by atoms with Gasteiger partial charge in [0, 0.05) is 31.6 Å². The summed E-state index contributed by atoms with van der Waals surface area (Å²) in [5.74, 6) is 0.960. The molecule has 5 rings (SSSR count). The van der Waals surface area contributed by atoms with E-state index in [4.69, 9.17) is 14.1 Å². The molecule has 0 bridgehead atoms. The molecule has 1 aliphatic rings. The van der Waals surface area contributed by atoms with Crippen molar-refractivity contribution in [3.05, 3.63) is 53.3 Å². The van der Waals surface area contributed by atoms with Crippen molar-refractivity contribution >= 4 is 43.6 Å². The molecule has 1 saturated heterocycles. The number of furan rings is 1. The van der Waals surface area contributed by atoms with Crippen LogP contribution < -0.4 is 9.64 Å². The third-order valence-electron chi connectivity index (χ3n) is 5.79. The van der Waals surface area contributed by atoms with Gasteiger partial charge in [-0.3, -0.25) is 4.79 Å². The van der Waals surface area contributed by atoms with E-state index >= 15 is 0 Å². The van der Waals surface area contributed by atoms with Gasteiger partial charge in [-0.05, 0) is 44.0 Å². The fourth-order valence-electron chi connectivity index (χ4n) is 4.05. The first-order chi connectivity index (χ1) is 15.0. The van der Waals surface area contributed by atoms with E-state index < -0.39 is 0 Å². The Hall–Kier alpha value is -3.06. The second kappa shape index (κ2) is 7.89. The molecule has 3 heterocycles. The monoisotopic (exact) mass is 435 g/mol. The first-order valence-electron chi connectivity index (χ1n) is 10.6. The number of fused-ring (bicyclic) bond motifs is 2. The number of aryl methyl sites for hydroxylation is 2. The van der Waals surface area contributed by atoms with Gasteiger partial charge in [0.05, 0.1) is 16.8 Å². The summed E-state index contributed by atoms with van der Waals surface area (Å²) in [6, 6.07) is 11.8. The van der Waals surface area contributed by atoms with E-state index in [2.05, 4.69) is 30.9 Å². The van der Waals surface area contributed by atoms with Gasteiger partial charge in [0.2, 0.25) is 0 Å². The first-order valence-corrected chi connectivity index (χ1v) is 11.4. The highest BCUT2D eigenvalue weighted by molar-refractivity contribution is 7.22. The second-order valence-electron chi connectivity index (χ2n) is 7.87. The summed E-state index contributed by atoms with van der Waals surface area (Å²) in [5, 5.41) is 1.91. The van der Waals surface area contributed by atoms with E-state index in [1.165, 1.54) is 15.8 Å². The lowest BCUT2D eigenvalue weighted by molar-refractivity contribution is 0.0717. The van der Waals surface area contributed by atoms with Gasteiger partial charge in [0.25, 0.3) is 5.91 Å². The van der Waals surface area contributed by atoms with Gasteiger partial charge < -0.3 is 19.0 Å². The molecule has 1 aliphatic heterocycles. The highest BCUT2D eigenvalue weighted by Crippen LogP contribution is 2.34. The Morgan fingerprint density at radius 1 is 1.13 bits per heavy atom. The Labute approximate surface area is 185 Å². The molecule has 2 aromatic heterocycles. The van der Waals surface area contributed by atoms with Crippen LogP contribution in [0.3, 0.4) is 0 Å². The SMILES string of the molecule is CCOc1cccc2cc(C(=O)N3CCN(c4nc5c(C)ccc(C)c5s4)CC3)oc12. The summed E-state index contributed by atoms with van der Waals surface area (Å²) in [6.07, 6.45) is 0. The Bertz CT molecular complexity index is 1230. The number of benzene rings is 2. The lowest BCUT2D eigenvalue weighted by atomic mass is 10.1. The maximum absolute atomic E-state index is 13.1.